The predicted molar refractivity (Wildman–Crippen MR) is 130 cm³/mol. The van der Waals surface area contributed by atoms with Gasteiger partial charge in [-0.15, -0.1) is 0 Å². The van der Waals surface area contributed by atoms with Gasteiger partial charge in [-0.3, -0.25) is 4.79 Å². The van der Waals surface area contributed by atoms with Gasteiger partial charge < -0.3 is 16.0 Å². The third-order valence-electron chi connectivity index (χ3n) is 6.01. The highest BCUT2D eigenvalue weighted by molar-refractivity contribution is 6.03. The summed E-state index contributed by atoms with van der Waals surface area (Å²) in [5, 5.41) is 16.3. The van der Waals surface area contributed by atoms with Crippen molar-refractivity contribution in [3.63, 3.8) is 0 Å². The first kappa shape index (κ1) is 20.4. The van der Waals surface area contributed by atoms with Crippen LogP contribution in [0.5, 0.6) is 0 Å². The second-order valence-corrected chi connectivity index (χ2v) is 8.18. The fraction of sp³-hybridized carbons (Fsp3) is 0.231. The Labute approximate surface area is 187 Å². The summed E-state index contributed by atoms with van der Waals surface area (Å²) in [6.45, 7) is 2.43. The molecule has 0 unspecified atom stereocenters. The average molecular weight is 426 g/mol. The van der Waals surface area contributed by atoms with E-state index < -0.39 is 0 Å². The van der Waals surface area contributed by atoms with Crippen LogP contribution in [-0.2, 0) is 19.5 Å². The second-order valence-electron chi connectivity index (χ2n) is 8.18. The number of aromatic nitrogens is 2. The van der Waals surface area contributed by atoms with E-state index in [-0.39, 0.29) is 5.56 Å². The van der Waals surface area contributed by atoms with Crippen LogP contribution in [0.15, 0.2) is 65.5 Å². The number of hydrogen-bond acceptors (Lipinski definition) is 5. The first-order chi connectivity index (χ1) is 15.7. The van der Waals surface area contributed by atoms with Crippen LogP contribution in [0.4, 0.5) is 5.69 Å². The quantitative estimate of drug-likeness (QED) is 0.441. The van der Waals surface area contributed by atoms with Gasteiger partial charge >= 0.3 is 0 Å². The van der Waals surface area contributed by atoms with Crippen LogP contribution >= 0.6 is 0 Å². The summed E-state index contributed by atoms with van der Waals surface area (Å²) in [6, 6.07) is 20.5. The molecule has 5 rings (SSSR count). The lowest BCUT2D eigenvalue weighted by molar-refractivity contribution is 0.767. The maximum absolute atomic E-state index is 13.4. The lowest BCUT2D eigenvalue weighted by Gasteiger charge is -2.22. The Balaban J connectivity index is 1.63. The largest absolute Gasteiger partial charge is 0.384 e. The van der Waals surface area contributed by atoms with Gasteiger partial charge in [-0.25, -0.2) is 0 Å². The van der Waals surface area contributed by atoms with Crippen molar-refractivity contribution in [1.29, 1.82) is 0 Å². The molecule has 0 atom stereocenters. The number of nitrogens with zero attached hydrogens (tertiary/aromatic N) is 2. The maximum Gasteiger partial charge on any atom is 0.279 e. The molecule has 0 spiro atoms. The van der Waals surface area contributed by atoms with Crippen molar-refractivity contribution in [1.82, 2.24) is 20.4 Å². The van der Waals surface area contributed by atoms with Crippen molar-refractivity contribution in [2.75, 3.05) is 26.0 Å². The smallest absolute Gasteiger partial charge is 0.279 e. The van der Waals surface area contributed by atoms with E-state index in [1.807, 2.05) is 44.4 Å². The van der Waals surface area contributed by atoms with Gasteiger partial charge in [0, 0.05) is 37.0 Å². The fourth-order valence-electron chi connectivity index (χ4n) is 4.46. The Bertz CT molecular complexity index is 1320. The molecule has 0 aliphatic carbocycles. The molecule has 6 heteroatoms. The van der Waals surface area contributed by atoms with Gasteiger partial charge in [0.15, 0.2) is 0 Å². The molecule has 1 aliphatic rings. The van der Waals surface area contributed by atoms with Crippen molar-refractivity contribution in [3.8, 4) is 16.8 Å². The van der Waals surface area contributed by atoms with E-state index in [9.17, 15) is 4.79 Å². The third-order valence-corrected chi connectivity index (χ3v) is 6.01. The molecule has 0 amide bonds. The number of benzene rings is 3. The second kappa shape index (κ2) is 8.57. The Hall–Kier alpha value is -3.48. The summed E-state index contributed by atoms with van der Waals surface area (Å²) in [4.78, 5) is 13.4. The van der Waals surface area contributed by atoms with Crippen LogP contribution in [0.25, 0.3) is 27.6 Å². The van der Waals surface area contributed by atoms with Gasteiger partial charge in [0.2, 0.25) is 0 Å². The molecule has 2 heterocycles. The fourth-order valence-corrected chi connectivity index (χ4v) is 4.46. The monoisotopic (exact) mass is 425 g/mol. The number of rotatable bonds is 6. The molecule has 0 bridgehead atoms. The molecule has 0 radical (unpaired) electrons. The van der Waals surface area contributed by atoms with E-state index in [2.05, 4.69) is 46.3 Å². The number of nitrogens with one attached hydrogen (secondary N) is 3. The molecular formula is C26H27N5O. The van der Waals surface area contributed by atoms with E-state index >= 15 is 0 Å². The predicted octanol–water partition coefficient (Wildman–Crippen LogP) is 3.46. The van der Waals surface area contributed by atoms with Gasteiger partial charge in [0.05, 0.1) is 22.5 Å². The van der Waals surface area contributed by atoms with Crippen molar-refractivity contribution in [3.05, 3.63) is 87.8 Å². The van der Waals surface area contributed by atoms with Crippen molar-refractivity contribution in [2.45, 2.75) is 19.5 Å². The highest BCUT2D eigenvalue weighted by Crippen LogP contribution is 2.37. The van der Waals surface area contributed by atoms with Gasteiger partial charge in [-0.1, -0.05) is 42.5 Å². The molecule has 0 fully saturated rings. The summed E-state index contributed by atoms with van der Waals surface area (Å²) in [6.07, 6.45) is 0.784. The summed E-state index contributed by atoms with van der Waals surface area (Å²) < 4.78 is 1.54. The Morgan fingerprint density at radius 2 is 1.56 bits per heavy atom. The summed E-state index contributed by atoms with van der Waals surface area (Å²) in [5.41, 5.74) is 7.31. The molecule has 162 valence electrons. The molecule has 1 aromatic heterocycles. The SMILES string of the molecule is CNCc1ccc(-c2ccc3c(=O)n(-c4ccc(CNC)cc4)nc4c3c2NCC4)cc1. The van der Waals surface area contributed by atoms with Crippen LogP contribution in [0, 0.1) is 0 Å². The normalized spacial score (nSPS) is 12.7. The zero-order chi connectivity index (χ0) is 22.1. The van der Waals surface area contributed by atoms with Crippen LogP contribution < -0.4 is 21.5 Å². The third kappa shape index (κ3) is 3.57. The van der Waals surface area contributed by atoms with Crippen LogP contribution in [0.1, 0.15) is 16.8 Å². The van der Waals surface area contributed by atoms with Crippen molar-refractivity contribution >= 4 is 16.5 Å². The number of hydrogen-bond donors (Lipinski definition) is 3. The molecule has 0 saturated heterocycles. The van der Waals surface area contributed by atoms with Crippen LogP contribution in [0.2, 0.25) is 0 Å². The Morgan fingerprint density at radius 1 is 0.906 bits per heavy atom. The molecular weight excluding hydrogens is 398 g/mol. The molecule has 1 aliphatic heterocycles. The van der Waals surface area contributed by atoms with E-state index in [1.54, 1.807) is 4.68 Å². The molecule has 3 N–H and O–H groups in total. The van der Waals surface area contributed by atoms with Crippen molar-refractivity contribution < 1.29 is 0 Å². The highest BCUT2D eigenvalue weighted by atomic mass is 16.1. The first-order valence-corrected chi connectivity index (χ1v) is 11.0. The standard InChI is InChI=1S/C26H27N5O/c1-27-15-17-3-7-19(8-4-17)21-11-12-22-24-23(13-14-29-25(21)24)30-31(26(22)32)20-9-5-18(6-10-20)16-28-2/h3-12,27-29H,13-16H2,1-2H3. The summed E-state index contributed by atoms with van der Waals surface area (Å²) in [7, 11) is 3.87. The average Bonchev–Trinajstić information content (AvgIpc) is 2.83. The zero-order valence-electron chi connectivity index (χ0n) is 18.4. The van der Waals surface area contributed by atoms with Gasteiger partial charge in [-0.2, -0.15) is 9.78 Å². The zero-order valence-corrected chi connectivity index (χ0v) is 18.4. The molecule has 3 aromatic carbocycles. The summed E-state index contributed by atoms with van der Waals surface area (Å²) in [5.74, 6) is 0. The van der Waals surface area contributed by atoms with E-state index in [0.29, 0.717) is 5.39 Å². The van der Waals surface area contributed by atoms with E-state index in [4.69, 9.17) is 5.10 Å². The van der Waals surface area contributed by atoms with Crippen LogP contribution in [0.3, 0.4) is 0 Å². The van der Waals surface area contributed by atoms with Gasteiger partial charge in [0.1, 0.15) is 0 Å². The van der Waals surface area contributed by atoms with Crippen molar-refractivity contribution in [2.24, 2.45) is 0 Å². The lowest BCUT2D eigenvalue weighted by atomic mass is 9.95. The van der Waals surface area contributed by atoms with Gasteiger partial charge in [-0.05, 0) is 49.0 Å². The molecule has 0 saturated carbocycles. The van der Waals surface area contributed by atoms with Crippen LogP contribution in [-0.4, -0.2) is 30.4 Å². The lowest BCUT2D eigenvalue weighted by Crippen LogP contribution is -2.26. The highest BCUT2D eigenvalue weighted by Gasteiger charge is 2.21. The van der Waals surface area contributed by atoms with E-state index in [1.165, 1.54) is 11.1 Å². The molecule has 6 nitrogen and oxygen atoms in total. The van der Waals surface area contributed by atoms with Gasteiger partial charge in [0.25, 0.3) is 5.56 Å². The minimum Gasteiger partial charge on any atom is -0.384 e. The molecule has 4 aromatic rings. The Kier molecular flexibility index (Phi) is 5.47. The maximum atomic E-state index is 13.4. The summed E-state index contributed by atoms with van der Waals surface area (Å²) >= 11 is 0. The minimum atomic E-state index is -0.0917. The molecule has 32 heavy (non-hydrogen) atoms. The minimum absolute atomic E-state index is 0.0917. The van der Waals surface area contributed by atoms with E-state index in [0.717, 1.165) is 59.6 Å². The number of anilines is 1. The first-order valence-electron chi connectivity index (χ1n) is 11.0. The Morgan fingerprint density at radius 3 is 2.22 bits per heavy atom. The topological polar surface area (TPSA) is 71.0 Å².